The van der Waals surface area contributed by atoms with Crippen LogP contribution in [0.25, 0.3) is 0 Å². The van der Waals surface area contributed by atoms with Crippen LogP contribution in [0.15, 0.2) is 11.9 Å². The first-order valence-electron chi connectivity index (χ1n) is 6.07. The van der Waals surface area contributed by atoms with E-state index >= 15 is 0 Å². The van der Waals surface area contributed by atoms with Gasteiger partial charge in [0.05, 0.1) is 19.1 Å². The molecule has 0 aromatic rings. The Balaban J connectivity index is 2.71. The molecule has 0 N–H and O–H groups in total. The van der Waals surface area contributed by atoms with E-state index in [1.54, 1.807) is 13.8 Å². The van der Waals surface area contributed by atoms with Gasteiger partial charge in [-0.05, 0) is 31.3 Å². The van der Waals surface area contributed by atoms with Crippen LogP contribution < -0.4 is 0 Å². The highest BCUT2D eigenvalue weighted by Crippen LogP contribution is 2.59. The van der Waals surface area contributed by atoms with Gasteiger partial charge in [-0.1, -0.05) is 13.8 Å². The molecule has 0 bridgehead atoms. The monoisotopic (exact) mass is 258 g/mol. The number of carbonyl (C=O) groups excluding carboxylic acids is 2. The van der Waals surface area contributed by atoms with Crippen molar-refractivity contribution in [2.45, 2.75) is 27.7 Å². The number of hydrogen-bond acceptors (Lipinski definition) is 4. The van der Waals surface area contributed by atoms with Crippen molar-refractivity contribution in [3.8, 4) is 0 Å². The predicted octanol–water partition coefficient (Wildman–Crippen LogP) is 2.24. The van der Waals surface area contributed by atoms with Gasteiger partial charge in [0.1, 0.15) is 0 Å². The molecule has 0 aromatic carbocycles. The number of esters is 2. The fourth-order valence-electron chi connectivity index (χ4n) is 2.10. The van der Waals surface area contributed by atoms with E-state index in [9.17, 15) is 14.0 Å². The molecule has 0 amide bonds. The van der Waals surface area contributed by atoms with Crippen LogP contribution in [0.2, 0.25) is 0 Å². The molecule has 1 fully saturated rings. The molecule has 0 aromatic heterocycles. The number of halogens is 1. The van der Waals surface area contributed by atoms with Crippen molar-refractivity contribution in [3.63, 3.8) is 0 Å². The summed E-state index contributed by atoms with van der Waals surface area (Å²) < 4.78 is 22.9. The van der Waals surface area contributed by atoms with Crippen LogP contribution in [0.3, 0.4) is 0 Å². The molecule has 4 nitrogen and oxygen atoms in total. The van der Waals surface area contributed by atoms with Crippen LogP contribution in [0.1, 0.15) is 27.7 Å². The molecular weight excluding hydrogens is 239 g/mol. The average Bonchev–Trinajstić information content (AvgIpc) is 2.81. The molecule has 0 radical (unpaired) electrons. The van der Waals surface area contributed by atoms with Gasteiger partial charge in [0.15, 0.2) is 0 Å². The van der Waals surface area contributed by atoms with Crippen molar-refractivity contribution in [2.75, 3.05) is 13.2 Å². The van der Waals surface area contributed by atoms with Crippen LogP contribution >= 0.6 is 0 Å². The molecule has 5 heteroatoms. The second-order valence-electron chi connectivity index (χ2n) is 4.81. The van der Waals surface area contributed by atoms with Gasteiger partial charge in [-0.25, -0.2) is 4.79 Å². The first kappa shape index (κ1) is 14.7. The number of carbonyl (C=O) groups is 2. The summed E-state index contributed by atoms with van der Waals surface area (Å²) in [5.41, 5.74) is -0.379. The van der Waals surface area contributed by atoms with Gasteiger partial charge >= 0.3 is 11.9 Å². The Morgan fingerprint density at radius 1 is 1.22 bits per heavy atom. The Hall–Kier alpha value is -1.39. The molecule has 0 aliphatic heterocycles. The van der Waals surface area contributed by atoms with E-state index < -0.39 is 17.7 Å². The molecule has 1 saturated carbocycles. The molecule has 1 rings (SSSR count). The predicted molar refractivity (Wildman–Crippen MR) is 63.2 cm³/mol. The maximum absolute atomic E-state index is 13.5. The van der Waals surface area contributed by atoms with Crippen LogP contribution in [0, 0.1) is 17.3 Å². The molecule has 0 heterocycles. The Morgan fingerprint density at radius 3 is 2.28 bits per heavy atom. The topological polar surface area (TPSA) is 52.6 Å². The summed E-state index contributed by atoms with van der Waals surface area (Å²) in [5.74, 6) is -2.98. The smallest absolute Gasteiger partial charge is 0.366 e. The zero-order valence-electron chi connectivity index (χ0n) is 11.2. The van der Waals surface area contributed by atoms with E-state index in [2.05, 4.69) is 4.74 Å². The minimum absolute atomic E-state index is 0.120. The summed E-state index contributed by atoms with van der Waals surface area (Å²) >= 11 is 0. The second-order valence-corrected chi connectivity index (χ2v) is 4.81. The maximum Gasteiger partial charge on any atom is 0.366 e. The fourth-order valence-corrected chi connectivity index (χ4v) is 2.10. The highest BCUT2D eigenvalue weighted by Gasteiger charge is 2.61. The Labute approximate surface area is 106 Å². The first-order valence-corrected chi connectivity index (χ1v) is 6.07. The maximum atomic E-state index is 13.5. The van der Waals surface area contributed by atoms with Crippen molar-refractivity contribution >= 4 is 11.9 Å². The van der Waals surface area contributed by atoms with E-state index in [4.69, 9.17) is 4.74 Å². The van der Waals surface area contributed by atoms with E-state index in [-0.39, 0.29) is 23.9 Å². The third kappa shape index (κ3) is 2.89. The third-order valence-corrected chi connectivity index (χ3v) is 3.25. The van der Waals surface area contributed by atoms with Crippen LogP contribution in [-0.4, -0.2) is 25.2 Å². The Kier molecular flexibility index (Phi) is 4.48. The highest BCUT2D eigenvalue weighted by atomic mass is 19.1. The van der Waals surface area contributed by atoms with Crippen LogP contribution in [0.4, 0.5) is 4.39 Å². The van der Waals surface area contributed by atoms with Gasteiger partial charge in [-0.15, -0.1) is 0 Å². The molecule has 0 spiro atoms. The minimum atomic E-state index is -0.984. The van der Waals surface area contributed by atoms with Crippen molar-refractivity contribution in [1.82, 2.24) is 0 Å². The van der Waals surface area contributed by atoms with Gasteiger partial charge in [-0.3, -0.25) is 4.79 Å². The van der Waals surface area contributed by atoms with E-state index in [0.717, 1.165) is 0 Å². The molecule has 0 saturated heterocycles. The summed E-state index contributed by atoms with van der Waals surface area (Å²) in [5, 5.41) is 0. The third-order valence-electron chi connectivity index (χ3n) is 3.25. The lowest BCUT2D eigenvalue weighted by Gasteiger charge is -2.01. The standard InChI is InChI=1S/C13H19FO4/c1-5-17-11(15)9(14)7-8-10(13(8,3)4)12(16)18-6-2/h7-8,10H,5-6H2,1-4H3/b9-7-. The highest BCUT2D eigenvalue weighted by molar-refractivity contribution is 5.86. The second kappa shape index (κ2) is 5.50. The number of allylic oxidation sites excluding steroid dienone is 1. The zero-order valence-corrected chi connectivity index (χ0v) is 11.2. The Bertz CT molecular complexity index is 373. The van der Waals surface area contributed by atoms with E-state index in [1.807, 2.05) is 13.8 Å². The molecule has 1 aliphatic carbocycles. The van der Waals surface area contributed by atoms with E-state index in [1.165, 1.54) is 6.08 Å². The van der Waals surface area contributed by atoms with Crippen LogP contribution in [-0.2, 0) is 19.1 Å². The number of rotatable bonds is 5. The van der Waals surface area contributed by atoms with Crippen LogP contribution in [0.5, 0.6) is 0 Å². The summed E-state index contributed by atoms with van der Waals surface area (Å²) in [7, 11) is 0. The summed E-state index contributed by atoms with van der Waals surface area (Å²) in [4.78, 5) is 22.8. The summed E-state index contributed by atoms with van der Waals surface area (Å²) in [6, 6.07) is 0. The average molecular weight is 258 g/mol. The van der Waals surface area contributed by atoms with E-state index in [0.29, 0.717) is 6.61 Å². The van der Waals surface area contributed by atoms with Crippen molar-refractivity contribution in [1.29, 1.82) is 0 Å². The quantitative estimate of drug-likeness (QED) is 0.560. The lowest BCUT2D eigenvalue weighted by Crippen LogP contribution is -2.10. The Morgan fingerprint density at radius 2 is 1.78 bits per heavy atom. The lowest BCUT2D eigenvalue weighted by molar-refractivity contribution is -0.145. The summed E-state index contributed by atoms with van der Waals surface area (Å²) in [6.45, 7) is 7.42. The molecule has 18 heavy (non-hydrogen) atoms. The van der Waals surface area contributed by atoms with Gasteiger partial charge in [0, 0.05) is 0 Å². The first-order chi connectivity index (χ1) is 8.36. The van der Waals surface area contributed by atoms with Gasteiger partial charge in [-0.2, -0.15) is 4.39 Å². The SMILES string of the molecule is CCOC(=O)/C(F)=C/C1C(C(=O)OCC)C1(C)C. The molecule has 2 unspecified atom stereocenters. The van der Waals surface area contributed by atoms with Crippen molar-refractivity contribution in [2.24, 2.45) is 17.3 Å². The molecule has 1 aliphatic rings. The van der Waals surface area contributed by atoms with Gasteiger partial charge < -0.3 is 9.47 Å². The number of hydrogen-bond donors (Lipinski definition) is 0. The molecule has 2 atom stereocenters. The molecular formula is C13H19FO4. The fraction of sp³-hybridized carbons (Fsp3) is 0.692. The lowest BCUT2D eigenvalue weighted by atomic mass is 10.1. The summed E-state index contributed by atoms with van der Waals surface area (Å²) in [6.07, 6.45) is 1.17. The number of ether oxygens (including phenoxy) is 2. The minimum Gasteiger partial charge on any atom is -0.466 e. The van der Waals surface area contributed by atoms with Gasteiger partial charge in [0.2, 0.25) is 5.83 Å². The van der Waals surface area contributed by atoms with Crippen molar-refractivity contribution < 1.29 is 23.5 Å². The van der Waals surface area contributed by atoms with Crippen molar-refractivity contribution in [3.05, 3.63) is 11.9 Å². The molecule has 102 valence electrons. The zero-order chi connectivity index (χ0) is 13.9. The largest absolute Gasteiger partial charge is 0.466 e. The normalized spacial score (nSPS) is 25.5. The van der Waals surface area contributed by atoms with Gasteiger partial charge in [0.25, 0.3) is 0 Å².